The van der Waals surface area contributed by atoms with Crippen LogP contribution in [0.15, 0.2) is 36.4 Å². The molecule has 2 aromatic carbocycles. The van der Waals surface area contributed by atoms with Gasteiger partial charge < -0.3 is 5.32 Å². The molecule has 18 heavy (non-hydrogen) atoms. The molecule has 92 valence electrons. The van der Waals surface area contributed by atoms with E-state index in [4.69, 9.17) is 6.42 Å². The fraction of sp³-hybridized carbons (Fsp3) is 0.250. The van der Waals surface area contributed by atoms with Crippen molar-refractivity contribution in [3.05, 3.63) is 47.8 Å². The van der Waals surface area contributed by atoms with E-state index in [2.05, 4.69) is 11.2 Å². The van der Waals surface area contributed by atoms with Gasteiger partial charge in [-0.05, 0) is 23.6 Å². The molecule has 0 aliphatic rings. The number of terminal acetylenes is 1. The molecule has 0 aliphatic carbocycles. The molecule has 2 heteroatoms. The van der Waals surface area contributed by atoms with Gasteiger partial charge in [0.05, 0.1) is 0 Å². The summed E-state index contributed by atoms with van der Waals surface area (Å²) < 4.78 is 13.7. The summed E-state index contributed by atoms with van der Waals surface area (Å²) in [6, 6.07) is 10.9. The minimum absolute atomic E-state index is 0.0745. The fourth-order valence-electron chi connectivity index (χ4n) is 2.25. The molecular formula is C16H16FN. The number of halogens is 1. The van der Waals surface area contributed by atoms with Crippen LogP contribution in [-0.4, -0.2) is 6.54 Å². The summed E-state index contributed by atoms with van der Waals surface area (Å²) in [7, 11) is 0. The summed E-state index contributed by atoms with van der Waals surface area (Å²) in [4.78, 5) is 0. The number of hydrogen-bond acceptors (Lipinski definition) is 1. The minimum atomic E-state index is -0.190. The molecule has 2 aromatic rings. The van der Waals surface area contributed by atoms with E-state index in [0.29, 0.717) is 11.8 Å². The monoisotopic (exact) mass is 241 g/mol. The lowest BCUT2D eigenvalue weighted by Gasteiger charge is -2.18. The second-order valence-corrected chi connectivity index (χ2v) is 4.20. The zero-order chi connectivity index (χ0) is 13.0. The largest absolute Gasteiger partial charge is 0.309 e. The van der Waals surface area contributed by atoms with Gasteiger partial charge in [0.1, 0.15) is 5.82 Å². The summed E-state index contributed by atoms with van der Waals surface area (Å²) in [5.41, 5.74) is 1.06. The van der Waals surface area contributed by atoms with Crippen LogP contribution >= 0.6 is 0 Å². The van der Waals surface area contributed by atoms with Gasteiger partial charge in [0.2, 0.25) is 0 Å². The Balaban J connectivity index is 2.56. The lowest BCUT2D eigenvalue weighted by molar-refractivity contribution is 0.567. The first-order chi connectivity index (χ1) is 8.77. The summed E-state index contributed by atoms with van der Waals surface area (Å²) in [6.07, 6.45) is 6.01. The van der Waals surface area contributed by atoms with E-state index in [0.717, 1.165) is 17.5 Å². The number of hydrogen-bond donors (Lipinski definition) is 1. The molecular weight excluding hydrogens is 225 g/mol. The van der Waals surface area contributed by atoms with Gasteiger partial charge in [0.15, 0.2) is 0 Å². The Morgan fingerprint density at radius 2 is 1.94 bits per heavy atom. The van der Waals surface area contributed by atoms with Gasteiger partial charge in [0.25, 0.3) is 0 Å². The number of benzene rings is 2. The Kier molecular flexibility index (Phi) is 3.96. The van der Waals surface area contributed by atoms with Crippen molar-refractivity contribution in [1.29, 1.82) is 0 Å². The molecule has 0 saturated carbocycles. The Hall–Kier alpha value is -1.85. The second kappa shape index (κ2) is 5.66. The van der Waals surface area contributed by atoms with Gasteiger partial charge in [-0.15, -0.1) is 12.3 Å². The molecule has 0 amide bonds. The summed E-state index contributed by atoms with van der Waals surface area (Å²) >= 11 is 0. The molecule has 0 bridgehead atoms. The predicted molar refractivity (Wildman–Crippen MR) is 73.8 cm³/mol. The molecule has 1 N–H and O–H groups in total. The van der Waals surface area contributed by atoms with E-state index in [1.165, 1.54) is 6.07 Å². The van der Waals surface area contributed by atoms with Crippen molar-refractivity contribution >= 4 is 10.8 Å². The normalized spacial score (nSPS) is 12.3. The Morgan fingerprint density at radius 1 is 1.22 bits per heavy atom. The topological polar surface area (TPSA) is 12.0 Å². The first kappa shape index (κ1) is 12.6. The molecule has 0 heterocycles. The third kappa shape index (κ3) is 2.37. The van der Waals surface area contributed by atoms with Crippen molar-refractivity contribution in [3.63, 3.8) is 0 Å². The van der Waals surface area contributed by atoms with E-state index in [1.54, 1.807) is 6.07 Å². The highest BCUT2D eigenvalue weighted by Crippen LogP contribution is 2.27. The van der Waals surface area contributed by atoms with E-state index >= 15 is 0 Å². The minimum Gasteiger partial charge on any atom is -0.309 e. The summed E-state index contributed by atoms with van der Waals surface area (Å²) in [5, 5.41) is 4.92. The summed E-state index contributed by atoms with van der Waals surface area (Å²) in [5.74, 6) is 2.48. The maximum atomic E-state index is 13.7. The van der Waals surface area contributed by atoms with Crippen LogP contribution in [0.2, 0.25) is 0 Å². The Labute approximate surface area is 107 Å². The molecule has 0 radical (unpaired) electrons. The van der Waals surface area contributed by atoms with Crippen LogP contribution in [0.1, 0.15) is 24.9 Å². The van der Waals surface area contributed by atoms with Gasteiger partial charge in [-0.3, -0.25) is 0 Å². The van der Waals surface area contributed by atoms with Crippen LogP contribution in [0.25, 0.3) is 10.8 Å². The van der Waals surface area contributed by atoms with Crippen LogP contribution in [0.4, 0.5) is 4.39 Å². The quantitative estimate of drug-likeness (QED) is 0.806. The highest BCUT2D eigenvalue weighted by molar-refractivity contribution is 5.86. The molecule has 0 aromatic heterocycles. The van der Waals surface area contributed by atoms with Crippen LogP contribution in [0.3, 0.4) is 0 Å². The highest BCUT2D eigenvalue weighted by Gasteiger charge is 2.13. The van der Waals surface area contributed by atoms with Gasteiger partial charge in [-0.25, -0.2) is 4.39 Å². The second-order valence-electron chi connectivity index (χ2n) is 4.20. The highest BCUT2D eigenvalue weighted by atomic mass is 19.1. The molecule has 2 rings (SSSR count). The van der Waals surface area contributed by atoms with E-state index in [9.17, 15) is 4.39 Å². The lowest BCUT2D eigenvalue weighted by Crippen LogP contribution is -2.20. The molecule has 0 spiro atoms. The summed E-state index contributed by atoms with van der Waals surface area (Å²) in [6.45, 7) is 2.87. The SMILES string of the molecule is C#CCC(NCC)c1ccc(F)c2ccccc12. The van der Waals surface area contributed by atoms with Crippen molar-refractivity contribution in [2.45, 2.75) is 19.4 Å². The lowest BCUT2D eigenvalue weighted by atomic mass is 9.96. The van der Waals surface area contributed by atoms with Crippen molar-refractivity contribution in [2.24, 2.45) is 0 Å². The number of fused-ring (bicyclic) bond motifs is 1. The number of nitrogens with one attached hydrogen (secondary N) is 1. The first-order valence-electron chi connectivity index (χ1n) is 6.12. The van der Waals surface area contributed by atoms with Crippen LogP contribution in [0.5, 0.6) is 0 Å². The Morgan fingerprint density at radius 3 is 2.61 bits per heavy atom. The van der Waals surface area contributed by atoms with Crippen LogP contribution in [-0.2, 0) is 0 Å². The third-order valence-corrected chi connectivity index (χ3v) is 3.05. The van der Waals surface area contributed by atoms with Crippen LogP contribution < -0.4 is 5.32 Å². The average Bonchev–Trinajstić information content (AvgIpc) is 2.39. The average molecular weight is 241 g/mol. The van der Waals surface area contributed by atoms with Crippen molar-refractivity contribution in [3.8, 4) is 12.3 Å². The maximum Gasteiger partial charge on any atom is 0.131 e. The number of rotatable bonds is 4. The van der Waals surface area contributed by atoms with E-state index in [1.807, 2.05) is 31.2 Å². The van der Waals surface area contributed by atoms with Crippen LogP contribution in [0, 0.1) is 18.2 Å². The smallest absolute Gasteiger partial charge is 0.131 e. The van der Waals surface area contributed by atoms with Crippen molar-refractivity contribution in [2.75, 3.05) is 6.54 Å². The fourth-order valence-corrected chi connectivity index (χ4v) is 2.25. The van der Waals surface area contributed by atoms with Gasteiger partial charge in [-0.1, -0.05) is 37.3 Å². The first-order valence-corrected chi connectivity index (χ1v) is 6.12. The van der Waals surface area contributed by atoms with Gasteiger partial charge in [0, 0.05) is 17.8 Å². The van der Waals surface area contributed by atoms with E-state index in [-0.39, 0.29) is 11.9 Å². The van der Waals surface area contributed by atoms with Gasteiger partial charge in [-0.2, -0.15) is 0 Å². The maximum absolute atomic E-state index is 13.7. The molecule has 0 fully saturated rings. The van der Waals surface area contributed by atoms with Crippen molar-refractivity contribution < 1.29 is 4.39 Å². The predicted octanol–water partition coefficient (Wildman–Crippen LogP) is 3.65. The molecule has 1 unspecified atom stereocenters. The standard InChI is InChI=1S/C16H16FN/c1-3-7-16(18-4-2)14-10-11-15(17)13-9-6-5-8-12(13)14/h1,5-6,8-11,16,18H,4,7H2,2H3. The molecule has 1 nitrogen and oxygen atoms in total. The third-order valence-electron chi connectivity index (χ3n) is 3.05. The van der Waals surface area contributed by atoms with Gasteiger partial charge >= 0.3 is 0 Å². The molecule has 0 aliphatic heterocycles. The molecule has 1 atom stereocenters. The Bertz CT molecular complexity index is 583. The van der Waals surface area contributed by atoms with Crippen molar-refractivity contribution in [1.82, 2.24) is 5.32 Å². The zero-order valence-electron chi connectivity index (χ0n) is 10.4. The van der Waals surface area contributed by atoms with E-state index < -0.39 is 0 Å². The molecule has 0 saturated heterocycles. The zero-order valence-corrected chi connectivity index (χ0v) is 10.4.